The summed E-state index contributed by atoms with van der Waals surface area (Å²) < 4.78 is 19.4. The number of morpholine rings is 1. The third-order valence-electron chi connectivity index (χ3n) is 4.86. The molecule has 0 saturated carbocycles. The van der Waals surface area contributed by atoms with E-state index >= 15 is 0 Å². The van der Waals surface area contributed by atoms with Crippen LogP contribution >= 0.6 is 11.8 Å². The normalized spacial score (nSPS) is 29.6. The van der Waals surface area contributed by atoms with Crippen LogP contribution in [0.4, 0.5) is 5.82 Å². The molecule has 0 aliphatic carbocycles. The number of nitrogens with two attached hydrogens (primary N) is 1. The van der Waals surface area contributed by atoms with Crippen LogP contribution in [0.1, 0.15) is 6.23 Å². The minimum absolute atomic E-state index is 0.309. The number of ether oxygens (including phenoxy) is 3. The largest absolute Gasteiger partial charge is 0.387 e. The second-order valence-corrected chi connectivity index (χ2v) is 7.50. The fraction of sp³-hybridized carbons (Fsp3) is 0.688. The van der Waals surface area contributed by atoms with Crippen LogP contribution in [0.25, 0.3) is 11.2 Å². The molecule has 2 aliphatic rings. The number of aliphatic hydroxyl groups excluding tert-OH is 1. The SMILES string of the molecule is CSC[C@H]1O[C@@H](n2cnc3c(N)ncnc32)C(OCN2CCOCC2)C1O. The fourth-order valence-corrected chi connectivity index (χ4v) is 4.01. The van der Waals surface area contributed by atoms with Crippen LogP contribution in [0.5, 0.6) is 0 Å². The molecule has 2 fully saturated rings. The van der Waals surface area contributed by atoms with Crippen molar-refractivity contribution in [2.45, 2.75) is 24.5 Å². The van der Waals surface area contributed by atoms with E-state index in [0.29, 0.717) is 42.7 Å². The van der Waals surface area contributed by atoms with Crippen molar-refractivity contribution < 1.29 is 19.3 Å². The molecular formula is C16H24N6O4S. The average molecular weight is 396 g/mol. The zero-order chi connectivity index (χ0) is 18.8. The van der Waals surface area contributed by atoms with E-state index in [-0.39, 0.29) is 6.10 Å². The first-order chi connectivity index (χ1) is 13.2. The third-order valence-corrected chi connectivity index (χ3v) is 5.52. The van der Waals surface area contributed by atoms with E-state index in [4.69, 9.17) is 19.9 Å². The molecule has 2 unspecified atom stereocenters. The van der Waals surface area contributed by atoms with E-state index in [1.807, 2.05) is 6.26 Å². The van der Waals surface area contributed by atoms with Gasteiger partial charge in [-0.05, 0) is 6.26 Å². The molecule has 148 valence electrons. The molecule has 2 saturated heterocycles. The van der Waals surface area contributed by atoms with Gasteiger partial charge in [-0.25, -0.2) is 15.0 Å². The highest BCUT2D eigenvalue weighted by atomic mass is 32.2. The number of rotatable bonds is 6. The van der Waals surface area contributed by atoms with Gasteiger partial charge in [-0.3, -0.25) is 9.47 Å². The van der Waals surface area contributed by atoms with Gasteiger partial charge in [0, 0.05) is 18.8 Å². The first kappa shape index (κ1) is 18.8. The summed E-state index contributed by atoms with van der Waals surface area (Å²) in [5, 5.41) is 10.8. The number of thioether (sulfide) groups is 1. The maximum atomic E-state index is 10.8. The first-order valence-corrected chi connectivity index (χ1v) is 10.3. The molecular weight excluding hydrogens is 372 g/mol. The second kappa shape index (κ2) is 8.25. The average Bonchev–Trinajstić information content (AvgIpc) is 3.24. The van der Waals surface area contributed by atoms with Crippen molar-refractivity contribution >= 4 is 28.7 Å². The standard InChI is InChI=1S/C16H24N6O4S/c1-27-6-10-12(23)13(25-9-21-2-4-24-5-3-21)16(26-10)22-8-20-11-14(17)18-7-19-15(11)22/h7-8,10,12-13,16,23H,2-6,9H2,1H3,(H2,17,18,19)/t10-,12?,13?,16-/m1/s1. The summed E-state index contributed by atoms with van der Waals surface area (Å²) in [5.41, 5.74) is 6.96. The Balaban J connectivity index is 1.58. The second-order valence-electron chi connectivity index (χ2n) is 6.58. The van der Waals surface area contributed by atoms with Crippen molar-refractivity contribution in [3.05, 3.63) is 12.7 Å². The van der Waals surface area contributed by atoms with E-state index in [1.54, 1.807) is 22.7 Å². The van der Waals surface area contributed by atoms with Gasteiger partial charge in [0.25, 0.3) is 0 Å². The monoisotopic (exact) mass is 396 g/mol. The Labute approximate surface area is 161 Å². The molecule has 2 aromatic rings. The van der Waals surface area contributed by atoms with Gasteiger partial charge in [0.05, 0.1) is 32.4 Å². The molecule has 0 spiro atoms. The molecule has 11 heteroatoms. The van der Waals surface area contributed by atoms with E-state index in [1.165, 1.54) is 6.33 Å². The van der Waals surface area contributed by atoms with Crippen molar-refractivity contribution in [3.8, 4) is 0 Å². The highest BCUT2D eigenvalue weighted by Crippen LogP contribution is 2.35. The van der Waals surface area contributed by atoms with Crippen LogP contribution in [0.15, 0.2) is 12.7 Å². The van der Waals surface area contributed by atoms with Crippen LogP contribution in [-0.2, 0) is 14.2 Å². The van der Waals surface area contributed by atoms with Crippen LogP contribution in [0.3, 0.4) is 0 Å². The summed E-state index contributed by atoms with van der Waals surface area (Å²) in [6.07, 6.45) is 2.81. The van der Waals surface area contributed by atoms with Gasteiger partial charge in [-0.15, -0.1) is 0 Å². The Kier molecular flexibility index (Phi) is 5.76. The van der Waals surface area contributed by atoms with Crippen molar-refractivity contribution in [2.24, 2.45) is 0 Å². The van der Waals surface area contributed by atoms with Crippen molar-refractivity contribution in [1.29, 1.82) is 0 Å². The van der Waals surface area contributed by atoms with E-state index in [9.17, 15) is 5.11 Å². The molecule has 0 bridgehead atoms. The third kappa shape index (κ3) is 3.75. The number of nitrogens with zero attached hydrogens (tertiary/aromatic N) is 5. The Morgan fingerprint density at radius 2 is 2.15 bits per heavy atom. The van der Waals surface area contributed by atoms with Gasteiger partial charge < -0.3 is 25.1 Å². The number of fused-ring (bicyclic) bond motifs is 1. The quantitative estimate of drug-likeness (QED) is 0.673. The summed E-state index contributed by atoms with van der Waals surface area (Å²) in [5.74, 6) is 0.975. The summed E-state index contributed by atoms with van der Waals surface area (Å²) in [4.78, 5) is 14.7. The first-order valence-electron chi connectivity index (χ1n) is 8.86. The fourth-order valence-electron chi connectivity index (χ4n) is 3.40. The predicted molar refractivity (Wildman–Crippen MR) is 100 cm³/mol. The lowest BCUT2D eigenvalue weighted by Gasteiger charge is -2.29. The van der Waals surface area contributed by atoms with Crippen molar-refractivity contribution in [1.82, 2.24) is 24.4 Å². The van der Waals surface area contributed by atoms with Gasteiger partial charge in [-0.1, -0.05) is 0 Å². The lowest BCUT2D eigenvalue weighted by molar-refractivity contribution is -0.112. The van der Waals surface area contributed by atoms with Gasteiger partial charge in [0.15, 0.2) is 17.7 Å². The Bertz CT molecular complexity index is 770. The lowest BCUT2D eigenvalue weighted by Crippen LogP contribution is -2.42. The lowest BCUT2D eigenvalue weighted by atomic mass is 10.1. The van der Waals surface area contributed by atoms with Crippen LogP contribution in [-0.4, -0.2) is 92.9 Å². The van der Waals surface area contributed by atoms with Gasteiger partial charge in [0.1, 0.15) is 24.1 Å². The Hall–Kier alpha value is -1.50. The van der Waals surface area contributed by atoms with Crippen molar-refractivity contribution in [3.63, 3.8) is 0 Å². The summed E-state index contributed by atoms with van der Waals surface area (Å²) in [6.45, 7) is 3.39. The molecule has 4 heterocycles. The van der Waals surface area contributed by atoms with Gasteiger partial charge in [0.2, 0.25) is 0 Å². The molecule has 10 nitrogen and oxygen atoms in total. The zero-order valence-electron chi connectivity index (χ0n) is 15.1. The molecule has 0 amide bonds. The number of imidazole rings is 1. The minimum Gasteiger partial charge on any atom is -0.387 e. The molecule has 0 aromatic carbocycles. The van der Waals surface area contributed by atoms with E-state index in [2.05, 4.69) is 19.9 Å². The Morgan fingerprint density at radius 1 is 1.33 bits per heavy atom. The molecule has 3 N–H and O–H groups in total. The maximum absolute atomic E-state index is 10.8. The van der Waals surface area contributed by atoms with Crippen LogP contribution < -0.4 is 5.73 Å². The molecule has 2 aliphatic heterocycles. The van der Waals surface area contributed by atoms with Crippen LogP contribution in [0, 0.1) is 0 Å². The molecule has 0 radical (unpaired) electrons. The number of anilines is 1. The van der Waals surface area contributed by atoms with Gasteiger partial charge >= 0.3 is 0 Å². The van der Waals surface area contributed by atoms with E-state index < -0.39 is 18.4 Å². The van der Waals surface area contributed by atoms with E-state index in [0.717, 1.165) is 13.1 Å². The number of nitrogen functional groups attached to an aromatic ring is 1. The molecule has 4 atom stereocenters. The predicted octanol–water partition coefficient (Wildman–Crippen LogP) is -0.295. The highest BCUT2D eigenvalue weighted by molar-refractivity contribution is 7.98. The number of aromatic nitrogens is 4. The number of aliphatic hydroxyl groups is 1. The van der Waals surface area contributed by atoms with Crippen molar-refractivity contribution in [2.75, 3.05) is 50.8 Å². The smallest absolute Gasteiger partial charge is 0.167 e. The number of hydrogen-bond donors (Lipinski definition) is 2. The van der Waals surface area contributed by atoms with Crippen LogP contribution in [0.2, 0.25) is 0 Å². The summed E-state index contributed by atoms with van der Waals surface area (Å²) in [6, 6.07) is 0. The molecule has 27 heavy (non-hydrogen) atoms. The zero-order valence-corrected chi connectivity index (χ0v) is 15.9. The topological polar surface area (TPSA) is 121 Å². The van der Waals surface area contributed by atoms with Gasteiger partial charge in [-0.2, -0.15) is 11.8 Å². The molecule has 4 rings (SSSR count). The molecule has 2 aromatic heterocycles. The summed E-state index contributed by atoms with van der Waals surface area (Å²) >= 11 is 1.62. The maximum Gasteiger partial charge on any atom is 0.167 e. The summed E-state index contributed by atoms with van der Waals surface area (Å²) in [7, 11) is 0. The highest BCUT2D eigenvalue weighted by Gasteiger charge is 2.46. The Morgan fingerprint density at radius 3 is 2.93 bits per heavy atom. The number of hydrogen-bond acceptors (Lipinski definition) is 10. The minimum atomic E-state index is -0.750.